The number of ether oxygens (including phenoxy) is 3. The summed E-state index contributed by atoms with van der Waals surface area (Å²) in [7, 11) is 0. The van der Waals surface area contributed by atoms with Crippen molar-refractivity contribution in [2.24, 2.45) is 0 Å². The Morgan fingerprint density at radius 1 is 0.263 bits per heavy atom. The van der Waals surface area contributed by atoms with Gasteiger partial charge in [-0.2, -0.15) is 0 Å². The minimum atomic E-state index is -0.772. The van der Waals surface area contributed by atoms with E-state index < -0.39 is 6.10 Å². The molecule has 6 heteroatoms. The molecule has 0 saturated carbocycles. The number of hydrogen-bond acceptors (Lipinski definition) is 6. The van der Waals surface area contributed by atoms with Crippen LogP contribution in [0.3, 0.4) is 0 Å². The summed E-state index contributed by atoms with van der Waals surface area (Å²) in [5.74, 6) is -0.847. The van der Waals surface area contributed by atoms with Gasteiger partial charge in [-0.3, -0.25) is 14.4 Å². The van der Waals surface area contributed by atoms with E-state index in [-0.39, 0.29) is 31.1 Å². The Balaban J connectivity index is 4.17. The first-order valence-corrected chi connectivity index (χ1v) is 34.3. The average Bonchev–Trinajstić information content (AvgIpc) is 3.42. The largest absolute Gasteiger partial charge is 0.462 e. The maximum Gasteiger partial charge on any atom is 0.306 e. The zero-order valence-electron chi connectivity index (χ0n) is 51.6. The SMILES string of the molecule is CCCCC/C=C\C/C=C\CCCCCCCCCC(=O)OC(COC(=O)CCCCCCCCCCCCCCC)COC(=O)CCCCCCCCCCCCCCCCCCCCCCCCCCCCCC. The average molecular weight is 1070 g/mol. The predicted octanol–water partition coefficient (Wildman–Crippen LogP) is 23.4. The molecule has 448 valence electrons. The predicted molar refractivity (Wildman–Crippen MR) is 330 cm³/mol. The van der Waals surface area contributed by atoms with Gasteiger partial charge < -0.3 is 14.2 Å². The highest BCUT2D eigenvalue weighted by molar-refractivity contribution is 5.71. The van der Waals surface area contributed by atoms with Crippen LogP contribution in [0.4, 0.5) is 0 Å². The lowest BCUT2D eigenvalue weighted by Crippen LogP contribution is -2.30. The van der Waals surface area contributed by atoms with Gasteiger partial charge in [-0.1, -0.05) is 340 Å². The van der Waals surface area contributed by atoms with E-state index in [1.54, 1.807) is 0 Å². The van der Waals surface area contributed by atoms with Gasteiger partial charge >= 0.3 is 17.9 Å². The lowest BCUT2D eigenvalue weighted by molar-refractivity contribution is -0.167. The summed E-state index contributed by atoms with van der Waals surface area (Å²) in [6, 6.07) is 0. The minimum absolute atomic E-state index is 0.0684. The number of allylic oxidation sites excluding steroid dienone is 4. The van der Waals surface area contributed by atoms with Crippen LogP contribution < -0.4 is 0 Å². The molecule has 0 bridgehead atoms. The van der Waals surface area contributed by atoms with E-state index in [1.165, 1.54) is 276 Å². The zero-order chi connectivity index (χ0) is 55.0. The Labute approximate surface area is 474 Å². The third kappa shape index (κ3) is 62.7. The second-order valence-corrected chi connectivity index (χ2v) is 23.5. The van der Waals surface area contributed by atoms with Crippen LogP contribution in [0.1, 0.15) is 387 Å². The van der Waals surface area contributed by atoms with Gasteiger partial charge in [-0.25, -0.2) is 0 Å². The van der Waals surface area contributed by atoms with Crippen LogP contribution in [0.25, 0.3) is 0 Å². The minimum Gasteiger partial charge on any atom is -0.462 e. The topological polar surface area (TPSA) is 78.9 Å². The molecule has 0 rings (SSSR count). The molecule has 0 fully saturated rings. The van der Waals surface area contributed by atoms with Crippen LogP contribution in [0, 0.1) is 0 Å². The number of hydrogen-bond donors (Lipinski definition) is 0. The van der Waals surface area contributed by atoms with Gasteiger partial charge in [0.05, 0.1) is 0 Å². The monoisotopic (exact) mass is 1070 g/mol. The highest BCUT2D eigenvalue weighted by Crippen LogP contribution is 2.19. The molecule has 0 amide bonds. The molecular weight excluding hydrogens is 937 g/mol. The lowest BCUT2D eigenvalue weighted by Gasteiger charge is -2.18. The maximum atomic E-state index is 12.9. The van der Waals surface area contributed by atoms with Gasteiger partial charge in [0.25, 0.3) is 0 Å². The second-order valence-electron chi connectivity index (χ2n) is 23.5. The number of rotatable bonds is 64. The first-order valence-electron chi connectivity index (χ1n) is 34.3. The second kappa shape index (κ2) is 65.4. The first kappa shape index (κ1) is 73.9. The van der Waals surface area contributed by atoms with E-state index in [4.69, 9.17) is 14.2 Å². The van der Waals surface area contributed by atoms with Crippen molar-refractivity contribution in [2.75, 3.05) is 13.2 Å². The van der Waals surface area contributed by atoms with Gasteiger partial charge in [0.15, 0.2) is 6.10 Å². The van der Waals surface area contributed by atoms with Gasteiger partial charge in [0.2, 0.25) is 0 Å². The van der Waals surface area contributed by atoms with Crippen LogP contribution in [0.2, 0.25) is 0 Å². The summed E-state index contributed by atoms with van der Waals surface area (Å²) in [4.78, 5) is 38.3. The highest BCUT2D eigenvalue weighted by Gasteiger charge is 2.19. The molecule has 0 aromatic carbocycles. The van der Waals surface area contributed by atoms with Crippen molar-refractivity contribution in [3.8, 4) is 0 Å². The van der Waals surface area contributed by atoms with Crippen molar-refractivity contribution >= 4 is 17.9 Å². The van der Waals surface area contributed by atoms with Crippen molar-refractivity contribution < 1.29 is 28.6 Å². The van der Waals surface area contributed by atoms with Crippen molar-refractivity contribution in [1.29, 1.82) is 0 Å². The summed E-state index contributed by atoms with van der Waals surface area (Å²) in [6.45, 7) is 6.68. The van der Waals surface area contributed by atoms with E-state index in [0.717, 1.165) is 70.6 Å². The molecular formula is C70H132O6. The van der Waals surface area contributed by atoms with E-state index in [1.807, 2.05) is 0 Å². The Kier molecular flexibility index (Phi) is 63.6. The standard InChI is InChI=1S/C70H132O6/c1-4-7-10-13-16-19-22-25-27-29-30-31-32-33-34-35-36-37-38-39-41-42-45-48-51-54-57-60-63-69(72)75-66-67(65-74-68(71)62-59-56-53-50-47-44-24-21-18-15-12-9-6-3)76-70(73)64-61-58-55-52-49-46-43-40-28-26-23-20-17-14-11-8-5-2/h17,20,26,28,67H,4-16,18-19,21-25,27,29-66H2,1-3H3/b20-17-,28-26-. The Morgan fingerprint density at radius 2 is 0.474 bits per heavy atom. The van der Waals surface area contributed by atoms with Crippen molar-refractivity contribution in [3.63, 3.8) is 0 Å². The molecule has 76 heavy (non-hydrogen) atoms. The summed E-state index contributed by atoms with van der Waals surface area (Å²) >= 11 is 0. The van der Waals surface area contributed by atoms with Crippen LogP contribution >= 0.6 is 0 Å². The molecule has 0 heterocycles. The number of unbranched alkanes of at least 4 members (excludes halogenated alkanes) is 49. The van der Waals surface area contributed by atoms with Gasteiger partial charge in [-0.15, -0.1) is 0 Å². The Morgan fingerprint density at radius 3 is 0.750 bits per heavy atom. The Bertz CT molecular complexity index is 1230. The van der Waals surface area contributed by atoms with Crippen LogP contribution in [-0.4, -0.2) is 37.2 Å². The van der Waals surface area contributed by atoms with Gasteiger partial charge in [-0.05, 0) is 51.4 Å². The molecule has 1 unspecified atom stereocenters. The quantitative estimate of drug-likeness (QED) is 0.0261. The molecule has 6 nitrogen and oxygen atoms in total. The fourth-order valence-corrected chi connectivity index (χ4v) is 10.5. The first-order chi connectivity index (χ1) is 37.5. The highest BCUT2D eigenvalue weighted by atomic mass is 16.6. The third-order valence-corrected chi connectivity index (χ3v) is 15.7. The van der Waals surface area contributed by atoms with Crippen LogP contribution in [0.15, 0.2) is 24.3 Å². The van der Waals surface area contributed by atoms with Crippen molar-refractivity contribution in [2.45, 2.75) is 393 Å². The van der Waals surface area contributed by atoms with E-state index in [2.05, 4.69) is 45.1 Å². The lowest BCUT2D eigenvalue weighted by atomic mass is 10.0. The number of carbonyl (C=O) groups excluding carboxylic acids is 3. The van der Waals surface area contributed by atoms with Crippen molar-refractivity contribution in [1.82, 2.24) is 0 Å². The smallest absolute Gasteiger partial charge is 0.306 e. The Hall–Kier alpha value is -2.11. The molecule has 0 aromatic rings. The van der Waals surface area contributed by atoms with Gasteiger partial charge in [0.1, 0.15) is 13.2 Å². The van der Waals surface area contributed by atoms with Crippen molar-refractivity contribution in [3.05, 3.63) is 24.3 Å². The van der Waals surface area contributed by atoms with Crippen LogP contribution in [-0.2, 0) is 28.6 Å². The number of carbonyl (C=O) groups is 3. The number of esters is 3. The molecule has 0 N–H and O–H groups in total. The summed E-state index contributed by atoms with van der Waals surface area (Å²) in [6.07, 6.45) is 79.2. The third-order valence-electron chi connectivity index (χ3n) is 15.7. The van der Waals surface area contributed by atoms with E-state index >= 15 is 0 Å². The zero-order valence-corrected chi connectivity index (χ0v) is 51.6. The maximum absolute atomic E-state index is 12.9. The molecule has 0 aliphatic carbocycles. The fraction of sp³-hybridized carbons (Fsp3) is 0.900. The normalized spacial score (nSPS) is 12.1. The molecule has 0 saturated heterocycles. The molecule has 0 aliphatic rings. The van der Waals surface area contributed by atoms with E-state index in [9.17, 15) is 14.4 Å². The summed E-state index contributed by atoms with van der Waals surface area (Å²) in [5.41, 5.74) is 0. The molecule has 0 aliphatic heterocycles. The van der Waals surface area contributed by atoms with Crippen LogP contribution in [0.5, 0.6) is 0 Å². The van der Waals surface area contributed by atoms with E-state index in [0.29, 0.717) is 19.3 Å². The molecule has 0 aromatic heterocycles. The molecule has 1 atom stereocenters. The summed E-state index contributed by atoms with van der Waals surface area (Å²) < 4.78 is 17.0. The summed E-state index contributed by atoms with van der Waals surface area (Å²) in [5, 5.41) is 0. The van der Waals surface area contributed by atoms with Gasteiger partial charge in [0, 0.05) is 19.3 Å². The molecule has 0 spiro atoms. The molecule has 0 radical (unpaired) electrons. The fourth-order valence-electron chi connectivity index (χ4n) is 10.5.